The first-order valence-corrected chi connectivity index (χ1v) is 13.1. The van der Waals surface area contributed by atoms with Crippen LogP contribution in [0.5, 0.6) is 5.75 Å². The number of aliphatic hydroxyl groups excluding tert-OH is 2. The number of phenols is 1. The summed E-state index contributed by atoms with van der Waals surface area (Å²) in [6.45, 7) is 6.17. The fourth-order valence-electron chi connectivity index (χ4n) is 6.29. The summed E-state index contributed by atoms with van der Waals surface area (Å²) >= 11 is 0. The topological polar surface area (TPSA) is 165 Å². The van der Waals surface area contributed by atoms with Gasteiger partial charge < -0.3 is 26.2 Å². The van der Waals surface area contributed by atoms with Gasteiger partial charge in [0.05, 0.1) is 18.2 Å². The van der Waals surface area contributed by atoms with Gasteiger partial charge in [0.15, 0.2) is 11.4 Å². The predicted octanol–water partition coefficient (Wildman–Crippen LogP) is 1.17. The zero-order valence-electron chi connectivity index (χ0n) is 23.9. The van der Waals surface area contributed by atoms with Gasteiger partial charge in [-0.3, -0.25) is 24.2 Å². The van der Waals surface area contributed by atoms with Gasteiger partial charge in [-0.2, -0.15) is 0 Å². The summed E-state index contributed by atoms with van der Waals surface area (Å²) in [5, 5.41) is 45.7. The lowest BCUT2D eigenvalue weighted by atomic mass is 9.57. The van der Waals surface area contributed by atoms with Crippen LogP contribution in [0.4, 0.5) is 0 Å². The molecule has 1 fully saturated rings. The molecule has 6 N–H and O–H groups in total. The van der Waals surface area contributed by atoms with Crippen molar-refractivity contribution in [1.29, 1.82) is 0 Å². The van der Waals surface area contributed by atoms with Gasteiger partial charge in [-0.25, -0.2) is 0 Å². The molecule has 214 valence electrons. The van der Waals surface area contributed by atoms with Crippen LogP contribution < -0.4 is 5.73 Å². The zero-order valence-corrected chi connectivity index (χ0v) is 23.9. The van der Waals surface area contributed by atoms with Crippen molar-refractivity contribution in [1.82, 2.24) is 9.80 Å². The van der Waals surface area contributed by atoms with E-state index < -0.39 is 63.5 Å². The Bertz CT molecular complexity index is 1450. The molecule has 3 aliphatic rings. The van der Waals surface area contributed by atoms with E-state index in [0.29, 0.717) is 23.2 Å². The number of primary amides is 1. The minimum Gasteiger partial charge on any atom is -0.508 e. The quantitative estimate of drug-likeness (QED) is 0.274. The van der Waals surface area contributed by atoms with E-state index in [1.807, 2.05) is 39.8 Å². The van der Waals surface area contributed by atoms with Gasteiger partial charge in [0.2, 0.25) is 5.78 Å². The highest BCUT2D eigenvalue weighted by Gasteiger charge is 2.64. The van der Waals surface area contributed by atoms with Crippen LogP contribution in [0.15, 0.2) is 23.0 Å². The molecular weight excluding hydrogens is 514 g/mol. The van der Waals surface area contributed by atoms with Gasteiger partial charge in [0.1, 0.15) is 22.8 Å². The van der Waals surface area contributed by atoms with Crippen LogP contribution in [0.25, 0.3) is 5.76 Å². The molecule has 1 aromatic rings. The van der Waals surface area contributed by atoms with Gasteiger partial charge in [-0.15, -0.1) is 0 Å². The zero-order chi connectivity index (χ0) is 30.1. The van der Waals surface area contributed by atoms with E-state index in [4.69, 9.17) is 5.73 Å². The van der Waals surface area contributed by atoms with Crippen LogP contribution in [-0.4, -0.2) is 94.1 Å². The molecular formula is C30H37N3O7. The molecule has 10 nitrogen and oxygen atoms in total. The Hall–Kier alpha value is -3.65. The molecule has 0 spiro atoms. The molecule has 4 rings (SSSR count). The van der Waals surface area contributed by atoms with Crippen molar-refractivity contribution in [3.05, 3.63) is 45.2 Å². The Morgan fingerprint density at radius 1 is 1.15 bits per heavy atom. The van der Waals surface area contributed by atoms with Crippen LogP contribution in [0.3, 0.4) is 0 Å². The maximum Gasteiger partial charge on any atom is 0.255 e. The summed E-state index contributed by atoms with van der Waals surface area (Å²) < 4.78 is 0. The number of fused-ring (bicyclic) bond motifs is 3. The molecule has 0 aromatic heterocycles. The highest BCUT2D eigenvalue weighted by atomic mass is 16.3. The average molecular weight is 552 g/mol. The lowest BCUT2D eigenvalue weighted by molar-refractivity contribution is -0.153. The van der Waals surface area contributed by atoms with E-state index in [2.05, 4.69) is 11.8 Å². The van der Waals surface area contributed by atoms with Crippen molar-refractivity contribution < 1.29 is 34.8 Å². The summed E-state index contributed by atoms with van der Waals surface area (Å²) in [5.74, 6) is -0.428. The second kappa shape index (κ2) is 9.77. The lowest BCUT2D eigenvalue weighted by Crippen LogP contribution is -2.65. The molecule has 1 amide bonds. The monoisotopic (exact) mass is 551 g/mol. The standard InChI is InChI=1S/C30H37N3O7/c1-29(2,3)18-12-14(9-8-10-32(4)5)16-11-15-13-17-22(33(6)7)25(36)21(28(31)39)27(38)30(17,40)26(37)19(15)24(35)20(16)23(18)34/h12,15,17,22,34-35,38,40H,10-11,13H2,1-7H3,(H2,31,39)/t15-,17-,22+,30-/m0/s1. The van der Waals surface area contributed by atoms with Gasteiger partial charge >= 0.3 is 0 Å². The second-order valence-corrected chi connectivity index (χ2v) is 12.4. The molecule has 0 bridgehead atoms. The molecule has 40 heavy (non-hydrogen) atoms. The first kappa shape index (κ1) is 29.3. The highest BCUT2D eigenvalue weighted by molar-refractivity contribution is 6.24. The first-order chi connectivity index (χ1) is 18.4. The number of Topliss-reactive ketones (excluding diaryl/α,β-unsaturated/α-hetero) is 2. The Morgan fingerprint density at radius 3 is 2.30 bits per heavy atom. The van der Waals surface area contributed by atoms with Crippen molar-refractivity contribution in [3.8, 4) is 17.6 Å². The molecule has 1 saturated carbocycles. The number of amides is 1. The molecule has 0 heterocycles. The molecule has 10 heteroatoms. The minimum atomic E-state index is -2.67. The summed E-state index contributed by atoms with van der Waals surface area (Å²) in [6, 6.07) is 0.671. The number of nitrogens with two attached hydrogens (primary N) is 1. The van der Waals surface area contributed by atoms with E-state index in [1.165, 1.54) is 4.90 Å². The number of likely N-dealkylation sites (N-methyl/N-ethyl adjacent to an activating group) is 1. The number of rotatable bonds is 3. The second-order valence-electron chi connectivity index (χ2n) is 12.4. The fourth-order valence-corrected chi connectivity index (χ4v) is 6.29. The smallest absolute Gasteiger partial charge is 0.255 e. The molecule has 0 aliphatic heterocycles. The number of aromatic hydroxyl groups is 1. The molecule has 0 unspecified atom stereocenters. The van der Waals surface area contributed by atoms with E-state index >= 15 is 0 Å². The lowest BCUT2D eigenvalue weighted by Gasteiger charge is -2.50. The number of phenolic OH excluding ortho intramolecular Hbond substituents is 1. The Balaban J connectivity index is 2.01. The third kappa shape index (κ3) is 4.29. The summed E-state index contributed by atoms with van der Waals surface area (Å²) in [5.41, 5.74) is 2.88. The number of hydrogen-bond acceptors (Lipinski definition) is 9. The van der Waals surface area contributed by atoms with Gasteiger partial charge in [-0.1, -0.05) is 32.6 Å². The molecule has 1 aromatic carbocycles. The van der Waals surface area contributed by atoms with Crippen molar-refractivity contribution in [3.63, 3.8) is 0 Å². The molecule has 0 saturated heterocycles. The van der Waals surface area contributed by atoms with Crippen LogP contribution >= 0.6 is 0 Å². The Morgan fingerprint density at radius 2 is 1.77 bits per heavy atom. The van der Waals surface area contributed by atoms with Crippen LogP contribution in [0, 0.1) is 23.7 Å². The minimum absolute atomic E-state index is 0.0259. The highest BCUT2D eigenvalue weighted by Crippen LogP contribution is 2.53. The van der Waals surface area contributed by atoms with Crippen molar-refractivity contribution >= 4 is 23.2 Å². The number of carbonyl (C=O) groups excluding carboxylic acids is 3. The maximum absolute atomic E-state index is 14.1. The van der Waals surface area contributed by atoms with Crippen molar-refractivity contribution in [2.24, 2.45) is 17.6 Å². The largest absolute Gasteiger partial charge is 0.508 e. The number of ketones is 2. The van der Waals surface area contributed by atoms with E-state index in [1.54, 1.807) is 20.2 Å². The average Bonchev–Trinajstić information content (AvgIpc) is 2.81. The van der Waals surface area contributed by atoms with E-state index in [9.17, 15) is 34.8 Å². The Kier molecular flexibility index (Phi) is 7.16. The molecule has 3 aliphatic carbocycles. The summed E-state index contributed by atoms with van der Waals surface area (Å²) in [4.78, 5) is 42.8. The number of nitrogens with zero attached hydrogens (tertiary/aromatic N) is 2. The fraction of sp³-hybridized carbons (Fsp3) is 0.500. The number of carbonyl (C=O) groups is 3. The van der Waals surface area contributed by atoms with Crippen molar-refractivity contribution in [2.45, 2.75) is 50.7 Å². The van der Waals surface area contributed by atoms with Gasteiger partial charge in [0.25, 0.3) is 5.91 Å². The summed E-state index contributed by atoms with van der Waals surface area (Å²) in [7, 11) is 6.91. The van der Waals surface area contributed by atoms with Crippen LogP contribution in [0.1, 0.15) is 49.4 Å². The maximum atomic E-state index is 14.1. The van der Waals surface area contributed by atoms with Gasteiger partial charge in [0, 0.05) is 22.6 Å². The van der Waals surface area contributed by atoms with E-state index in [-0.39, 0.29) is 29.7 Å². The van der Waals surface area contributed by atoms with Crippen molar-refractivity contribution in [2.75, 3.05) is 34.7 Å². The van der Waals surface area contributed by atoms with Gasteiger partial charge in [-0.05, 0) is 64.0 Å². The third-order valence-corrected chi connectivity index (χ3v) is 8.15. The van der Waals surface area contributed by atoms with Crippen LogP contribution in [-0.2, 0) is 26.2 Å². The predicted molar refractivity (Wildman–Crippen MR) is 148 cm³/mol. The Labute approximate surface area is 233 Å². The summed E-state index contributed by atoms with van der Waals surface area (Å²) in [6.07, 6.45) is 0.219. The SMILES string of the molecule is CN(C)CC#Cc1cc(C(C)(C)C)c(O)c2c1C[C@H]1C[C@H]3[C@@H](N(C)C)C(=O)C(C(N)=O)=C(O)[C@@]3(O)C(=O)C1=C2O. The molecule has 0 radical (unpaired) electrons. The first-order valence-electron chi connectivity index (χ1n) is 13.1. The third-order valence-electron chi connectivity index (χ3n) is 8.15. The van der Waals surface area contributed by atoms with E-state index in [0.717, 1.165) is 0 Å². The number of benzene rings is 1. The number of hydrogen-bond donors (Lipinski definition) is 5. The number of aliphatic hydroxyl groups is 3. The van der Waals surface area contributed by atoms with Crippen LogP contribution in [0.2, 0.25) is 0 Å². The normalized spacial score (nSPS) is 26.4. The molecule has 4 atom stereocenters.